The molecule has 2 amide bonds. The monoisotopic (exact) mass is 538 g/mol. The third-order valence-electron chi connectivity index (χ3n) is 6.05. The highest BCUT2D eigenvalue weighted by Crippen LogP contribution is 2.35. The van der Waals surface area contributed by atoms with Gasteiger partial charge in [0.1, 0.15) is 5.84 Å². The van der Waals surface area contributed by atoms with Crippen LogP contribution in [0.15, 0.2) is 76.7 Å². The summed E-state index contributed by atoms with van der Waals surface area (Å²) in [5.41, 5.74) is 0.637. The van der Waals surface area contributed by atoms with Gasteiger partial charge in [-0.1, -0.05) is 41.9 Å². The number of alkyl halides is 3. The van der Waals surface area contributed by atoms with Crippen LogP contribution in [0.25, 0.3) is 0 Å². The van der Waals surface area contributed by atoms with E-state index in [0.29, 0.717) is 10.6 Å². The normalized spacial score (nSPS) is 14.9. The highest BCUT2D eigenvalue weighted by atomic mass is 35.5. The molecule has 5 rings (SSSR count). The van der Waals surface area contributed by atoms with Crippen molar-refractivity contribution in [1.29, 1.82) is 0 Å². The van der Waals surface area contributed by atoms with Crippen molar-refractivity contribution in [2.24, 2.45) is 9.98 Å². The number of aliphatic imine (C=N–C) groups is 2. The number of imide groups is 1. The molecule has 0 unspecified atom stereocenters. The van der Waals surface area contributed by atoms with E-state index in [9.17, 15) is 27.6 Å². The largest absolute Gasteiger partial charge is 0.416 e. The Hall–Kier alpha value is -4.31. The summed E-state index contributed by atoms with van der Waals surface area (Å²) < 4.78 is 40.4. The van der Waals surface area contributed by atoms with Crippen LogP contribution in [0.2, 0.25) is 5.02 Å². The molecule has 1 N–H and O–H groups in total. The zero-order chi connectivity index (χ0) is 27.0. The molecule has 0 atom stereocenters. The molecule has 3 aromatic carbocycles. The van der Waals surface area contributed by atoms with Crippen molar-refractivity contribution in [2.45, 2.75) is 6.18 Å². The van der Waals surface area contributed by atoms with Gasteiger partial charge in [-0.3, -0.25) is 24.3 Å². The Morgan fingerprint density at radius 2 is 1.55 bits per heavy atom. The summed E-state index contributed by atoms with van der Waals surface area (Å²) in [4.78, 5) is 47.5. The molecule has 0 saturated carbocycles. The molecule has 2 heterocycles. The molecule has 0 radical (unpaired) electrons. The van der Waals surface area contributed by atoms with Gasteiger partial charge in [0.25, 0.3) is 11.8 Å². The van der Waals surface area contributed by atoms with Crippen LogP contribution >= 0.6 is 11.6 Å². The van der Waals surface area contributed by atoms with Gasteiger partial charge in [0.2, 0.25) is 0 Å². The molecule has 2 aliphatic heterocycles. The molecule has 0 saturated heterocycles. The molecular formula is C27H18ClF3N4O3. The van der Waals surface area contributed by atoms with Gasteiger partial charge in [0.15, 0.2) is 5.78 Å². The maximum Gasteiger partial charge on any atom is 0.416 e. The summed E-state index contributed by atoms with van der Waals surface area (Å²) in [5.74, 6) is -1.33. The first kappa shape index (κ1) is 25.3. The zero-order valence-electron chi connectivity index (χ0n) is 19.6. The number of Topliss-reactive ketones (excluding diaryl/α,β-unsaturated/α-hetero) is 1. The first-order chi connectivity index (χ1) is 18.1. The quantitative estimate of drug-likeness (QED) is 0.477. The number of carbonyl (C=O) groups is 3. The van der Waals surface area contributed by atoms with Crippen LogP contribution in [0.3, 0.4) is 0 Å². The van der Waals surface area contributed by atoms with Crippen molar-refractivity contribution < 1.29 is 27.6 Å². The lowest BCUT2D eigenvalue weighted by molar-refractivity contribution is -0.137. The highest BCUT2D eigenvalue weighted by Gasteiger charge is 2.36. The second-order valence-electron chi connectivity index (χ2n) is 8.57. The number of nitrogens with one attached hydrogen (secondary N) is 1. The standard InChI is InChI=1S/C27H18ClF3N4O3/c28-21-8-4-3-7-19(21)24-20-11-15(27(29,30)31)9-10-22(20)34-23(13-33-24)32-12-16(36)14-35-25(37)17-5-1-2-6-18(17)26(35)38/h1-11H,12-14H2,(H,32,34). The lowest BCUT2D eigenvalue weighted by atomic mass is 9.98. The van der Waals surface area contributed by atoms with Crippen LogP contribution in [0.4, 0.5) is 18.9 Å². The maximum atomic E-state index is 13.5. The zero-order valence-corrected chi connectivity index (χ0v) is 20.3. The number of benzene rings is 3. The van der Waals surface area contributed by atoms with Crippen molar-refractivity contribution in [1.82, 2.24) is 10.2 Å². The molecule has 0 aliphatic carbocycles. The number of amides is 2. The van der Waals surface area contributed by atoms with E-state index in [-0.39, 0.29) is 47.0 Å². The van der Waals surface area contributed by atoms with Gasteiger partial charge in [-0.25, -0.2) is 4.99 Å². The van der Waals surface area contributed by atoms with Gasteiger partial charge in [0, 0.05) is 16.1 Å². The second-order valence-corrected chi connectivity index (χ2v) is 8.97. The number of amidine groups is 1. The van der Waals surface area contributed by atoms with Crippen molar-refractivity contribution in [3.05, 3.63) is 99.6 Å². The highest BCUT2D eigenvalue weighted by molar-refractivity contribution is 6.36. The Labute approximate surface area is 219 Å². The van der Waals surface area contributed by atoms with E-state index in [1.54, 1.807) is 36.4 Å². The van der Waals surface area contributed by atoms with Gasteiger partial charge in [-0.15, -0.1) is 0 Å². The SMILES string of the molecule is O=C(CNC1=Nc2ccc(C(F)(F)F)cc2C(c2ccccc2Cl)=NC1)CN1C(=O)c2ccccc2C1=O. The summed E-state index contributed by atoms with van der Waals surface area (Å²) >= 11 is 6.32. The van der Waals surface area contributed by atoms with E-state index < -0.39 is 35.9 Å². The van der Waals surface area contributed by atoms with E-state index >= 15 is 0 Å². The fraction of sp³-hybridized carbons (Fsp3) is 0.148. The Morgan fingerprint density at radius 1 is 0.921 bits per heavy atom. The Balaban J connectivity index is 1.37. The number of hydrogen-bond acceptors (Lipinski definition) is 6. The fourth-order valence-corrected chi connectivity index (χ4v) is 4.44. The molecule has 0 aromatic heterocycles. The fourth-order valence-electron chi connectivity index (χ4n) is 4.21. The molecule has 0 fully saturated rings. The molecule has 38 heavy (non-hydrogen) atoms. The average molecular weight is 539 g/mol. The smallest absolute Gasteiger partial charge is 0.365 e. The number of halogens is 4. The number of nitrogens with zero attached hydrogens (tertiary/aromatic N) is 3. The Kier molecular flexibility index (Phi) is 6.58. The van der Waals surface area contributed by atoms with Crippen LogP contribution < -0.4 is 5.32 Å². The molecule has 0 bridgehead atoms. The molecule has 11 heteroatoms. The van der Waals surface area contributed by atoms with E-state index in [2.05, 4.69) is 15.3 Å². The second kappa shape index (κ2) is 9.86. The van der Waals surface area contributed by atoms with Crippen LogP contribution in [-0.2, 0) is 11.0 Å². The predicted molar refractivity (Wildman–Crippen MR) is 135 cm³/mol. The van der Waals surface area contributed by atoms with Gasteiger partial charge in [0.05, 0.1) is 47.7 Å². The van der Waals surface area contributed by atoms with Crippen LogP contribution in [0.1, 0.15) is 37.4 Å². The lowest BCUT2D eigenvalue weighted by Gasteiger charge is -2.14. The van der Waals surface area contributed by atoms with Crippen LogP contribution in [-0.4, -0.2) is 53.7 Å². The minimum absolute atomic E-state index is 0.0725. The summed E-state index contributed by atoms with van der Waals surface area (Å²) in [6.45, 7) is -0.789. The molecule has 2 aliphatic rings. The lowest BCUT2D eigenvalue weighted by Crippen LogP contribution is -2.40. The van der Waals surface area contributed by atoms with Crippen LogP contribution in [0, 0.1) is 0 Å². The van der Waals surface area contributed by atoms with E-state index in [1.807, 2.05) is 0 Å². The van der Waals surface area contributed by atoms with Crippen molar-refractivity contribution in [3.8, 4) is 0 Å². The summed E-state index contributed by atoms with van der Waals surface area (Å²) in [6, 6.07) is 16.1. The van der Waals surface area contributed by atoms with Gasteiger partial charge in [-0.05, 0) is 36.4 Å². The number of hydrogen-bond donors (Lipinski definition) is 1. The number of carbonyl (C=O) groups excluding carboxylic acids is 3. The van der Waals surface area contributed by atoms with E-state index in [1.165, 1.54) is 18.2 Å². The van der Waals surface area contributed by atoms with E-state index in [0.717, 1.165) is 17.0 Å². The van der Waals surface area contributed by atoms with Crippen molar-refractivity contribution in [2.75, 3.05) is 19.6 Å². The first-order valence-electron chi connectivity index (χ1n) is 11.4. The molecule has 192 valence electrons. The number of fused-ring (bicyclic) bond motifs is 2. The average Bonchev–Trinajstić information content (AvgIpc) is 3.02. The Bertz CT molecular complexity index is 1510. The van der Waals surface area contributed by atoms with Gasteiger partial charge < -0.3 is 5.32 Å². The van der Waals surface area contributed by atoms with Crippen molar-refractivity contribution >= 4 is 46.4 Å². The van der Waals surface area contributed by atoms with Gasteiger partial charge in [-0.2, -0.15) is 13.2 Å². The molecule has 3 aromatic rings. The third-order valence-corrected chi connectivity index (χ3v) is 6.38. The minimum Gasteiger partial charge on any atom is -0.365 e. The summed E-state index contributed by atoms with van der Waals surface area (Å²) in [6.07, 6.45) is -4.58. The molecule has 0 spiro atoms. The van der Waals surface area contributed by atoms with Crippen LogP contribution in [0.5, 0.6) is 0 Å². The summed E-state index contributed by atoms with van der Waals surface area (Å²) in [5, 5.41) is 3.15. The van der Waals surface area contributed by atoms with Gasteiger partial charge >= 0.3 is 6.18 Å². The number of rotatable bonds is 5. The van der Waals surface area contributed by atoms with Crippen molar-refractivity contribution in [3.63, 3.8) is 0 Å². The molecule has 7 nitrogen and oxygen atoms in total. The Morgan fingerprint density at radius 3 is 2.18 bits per heavy atom. The third kappa shape index (κ3) is 4.82. The maximum absolute atomic E-state index is 13.5. The van der Waals surface area contributed by atoms with E-state index in [4.69, 9.17) is 11.6 Å². The topological polar surface area (TPSA) is 91.2 Å². The molecular weight excluding hydrogens is 521 g/mol. The number of ketones is 1. The summed E-state index contributed by atoms with van der Waals surface area (Å²) in [7, 11) is 0. The first-order valence-corrected chi connectivity index (χ1v) is 11.8. The predicted octanol–water partition coefficient (Wildman–Crippen LogP) is 4.69. The minimum atomic E-state index is -4.58.